The van der Waals surface area contributed by atoms with Gasteiger partial charge in [0.05, 0.1) is 5.56 Å². The first-order valence-electron chi connectivity index (χ1n) is 9.37. The summed E-state index contributed by atoms with van der Waals surface area (Å²) >= 11 is 0. The Morgan fingerprint density at radius 3 is 1.55 bits per heavy atom. The van der Waals surface area contributed by atoms with Crippen molar-refractivity contribution in [3.63, 3.8) is 0 Å². The molecule has 1 radical (unpaired) electrons. The molecule has 0 aliphatic rings. The Bertz CT molecular complexity index is 1140. The highest BCUT2D eigenvalue weighted by atomic mass is 19.1. The van der Waals surface area contributed by atoms with E-state index in [-0.39, 0.29) is 5.56 Å². The Kier molecular flexibility index (Phi) is 6.21. The van der Waals surface area contributed by atoms with E-state index < -0.39 is 11.6 Å². The van der Waals surface area contributed by atoms with Crippen LogP contribution in [0.3, 0.4) is 0 Å². The molecular weight excluding hydrogens is 361 g/mol. The zero-order chi connectivity index (χ0) is 21.0. The fraction of sp³-hybridized carbons (Fsp3) is 0.154. The van der Waals surface area contributed by atoms with Crippen molar-refractivity contribution in [2.45, 2.75) is 27.6 Å². The van der Waals surface area contributed by atoms with Crippen LogP contribution in [0.4, 0.5) is 8.78 Å². The zero-order valence-corrected chi connectivity index (χ0v) is 17.0. The lowest BCUT2D eigenvalue weighted by molar-refractivity contribution is 0.575. The third-order valence-corrected chi connectivity index (χ3v) is 4.62. The molecule has 0 atom stereocenters. The zero-order valence-electron chi connectivity index (χ0n) is 17.0. The SMILES string of the molecule is C[B]c1cc(C)c(C#Cc2ccc(C#Cc3c(F)cc(C)cc3F)cc2)c(C)c1. The Morgan fingerprint density at radius 1 is 0.655 bits per heavy atom. The van der Waals surface area contributed by atoms with Gasteiger partial charge >= 0.3 is 0 Å². The summed E-state index contributed by atoms with van der Waals surface area (Å²) in [5.74, 6) is 10.5. The molecule has 3 heteroatoms. The first-order valence-corrected chi connectivity index (χ1v) is 9.37. The summed E-state index contributed by atoms with van der Waals surface area (Å²) in [4.78, 5) is 0. The number of hydrogen-bond acceptors (Lipinski definition) is 0. The van der Waals surface area contributed by atoms with Gasteiger partial charge in [0.2, 0.25) is 0 Å². The van der Waals surface area contributed by atoms with Crippen LogP contribution < -0.4 is 5.46 Å². The van der Waals surface area contributed by atoms with Crippen LogP contribution in [0.2, 0.25) is 6.82 Å². The number of rotatable bonds is 1. The van der Waals surface area contributed by atoms with Gasteiger partial charge in [0, 0.05) is 16.7 Å². The van der Waals surface area contributed by atoms with Crippen molar-refractivity contribution in [1.29, 1.82) is 0 Å². The topological polar surface area (TPSA) is 0 Å². The molecule has 0 aliphatic carbocycles. The lowest BCUT2D eigenvalue weighted by Gasteiger charge is -2.06. The summed E-state index contributed by atoms with van der Waals surface area (Å²) in [7, 11) is 2.07. The second kappa shape index (κ2) is 8.81. The molecule has 3 rings (SSSR count). The molecule has 0 bridgehead atoms. The standard InChI is InChI=1S/C26H20BF2/c1-17-13-25(28)24(26(29)14-17)12-10-21-7-5-20(6-8-21)9-11-23-18(2)15-22(27-4)16-19(23)3/h5-8,13-16H,1-4H3. The predicted octanol–water partition coefficient (Wildman–Crippen LogP) is 5.07. The average Bonchev–Trinajstić information content (AvgIpc) is 2.67. The van der Waals surface area contributed by atoms with Crippen LogP contribution in [0.1, 0.15) is 38.9 Å². The van der Waals surface area contributed by atoms with Crippen molar-refractivity contribution < 1.29 is 8.78 Å². The first-order chi connectivity index (χ1) is 13.9. The van der Waals surface area contributed by atoms with Gasteiger partial charge in [-0.1, -0.05) is 48.1 Å². The molecule has 0 amide bonds. The monoisotopic (exact) mass is 381 g/mol. The third-order valence-electron chi connectivity index (χ3n) is 4.62. The molecule has 0 spiro atoms. The maximum absolute atomic E-state index is 13.9. The van der Waals surface area contributed by atoms with Crippen LogP contribution in [0.15, 0.2) is 48.5 Å². The van der Waals surface area contributed by atoms with Crippen molar-refractivity contribution in [3.05, 3.63) is 99.1 Å². The molecule has 3 aromatic carbocycles. The lowest BCUT2D eigenvalue weighted by atomic mass is 9.72. The summed E-state index contributed by atoms with van der Waals surface area (Å²) in [6.45, 7) is 7.78. The Morgan fingerprint density at radius 2 is 1.10 bits per heavy atom. The van der Waals surface area contributed by atoms with E-state index in [2.05, 4.69) is 56.9 Å². The van der Waals surface area contributed by atoms with Gasteiger partial charge in [0.15, 0.2) is 0 Å². The van der Waals surface area contributed by atoms with Crippen LogP contribution in [-0.4, -0.2) is 7.28 Å². The van der Waals surface area contributed by atoms with E-state index in [1.54, 1.807) is 19.1 Å². The minimum atomic E-state index is -0.644. The van der Waals surface area contributed by atoms with Crippen molar-refractivity contribution in [2.75, 3.05) is 0 Å². The Balaban J connectivity index is 1.83. The van der Waals surface area contributed by atoms with Crippen LogP contribution in [-0.2, 0) is 0 Å². The van der Waals surface area contributed by atoms with Gasteiger partial charge in [-0.05, 0) is 73.9 Å². The summed E-state index contributed by atoms with van der Waals surface area (Å²) in [5, 5.41) is 0. The highest BCUT2D eigenvalue weighted by Crippen LogP contribution is 2.14. The van der Waals surface area contributed by atoms with Gasteiger partial charge in [-0.2, -0.15) is 0 Å². The summed E-state index contributed by atoms with van der Waals surface area (Å²) in [5.41, 5.74) is 6.36. The molecule has 0 aliphatic heterocycles. The lowest BCUT2D eigenvalue weighted by Crippen LogP contribution is -2.12. The maximum Gasteiger partial charge on any atom is 0.148 e. The van der Waals surface area contributed by atoms with Gasteiger partial charge in [-0.3, -0.25) is 0 Å². The molecule has 0 N–H and O–H groups in total. The fourth-order valence-corrected chi connectivity index (χ4v) is 3.09. The predicted molar refractivity (Wildman–Crippen MR) is 117 cm³/mol. The van der Waals surface area contributed by atoms with Crippen molar-refractivity contribution >= 4 is 12.7 Å². The molecule has 0 saturated heterocycles. The highest BCUT2D eigenvalue weighted by molar-refractivity contribution is 6.52. The molecule has 141 valence electrons. The van der Waals surface area contributed by atoms with Crippen LogP contribution >= 0.6 is 0 Å². The molecule has 0 aromatic heterocycles. The Labute approximate surface area is 172 Å². The quantitative estimate of drug-likeness (QED) is 0.408. The molecular formula is C26H20BF2. The fourth-order valence-electron chi connectivity index (χ4n) is 3.09. The first kappa shape index (κ1) is 20.4. The largest absolute Gasteiger partial charge is 0.206 e. The van der Waals surface area contributed by atoms with Crippen molar-refractivity contribution in [1.82, 2.24) is 0 Å². The average molecular weight is 381 g/mol. The van der Waals surface area contributed by atoms with Gasteiger partial charge < -0.3 is 0 Å². The molecule has 0 unspecified atom stereocenters. The number of hydrogen-bond donors (Lipinski definition) is 0. The molecule has 0 fully saturated rings. The van der Waals surface area contributed by atoms with Gasteiger partial charge in [-0.15, -0.1) is 0 Å². The van der Waals surface area contributed by atoms with Crippen molar-refractivity contribution in [3.8, 4) is 23.7 Å². The van der Waals surface area contributed by atoms with E-state index in [4.69, 9.17) is 0 Å². The van der Waals surface area contributed by atoms with Crippen LogP contribution in [0, 0.1) is 56.1 Å². The smallest absolute Gasteiger partial charge is 0.148 e. The molecule has 0 saturated carbocycles. The number of halogens is 2. The van der Waals surface area contributed by atoms with Crippen molar-refractivity contribution in [2.24, 2.45) is 0 Å². The minimum Gasteiger partial charge on any atom is -0.206 e. The minimum absolute atomic E-state index is 0.210. The summed E-state index contributed by atoms with van der Waals surface area (Å²) in [6.07, 6.45) is 0. The second-order valence-corrected chi connectivity index (χ2v) is 7.00. The number of aryl methyl sites for hydroxylation is 3. The Hall–Kier alpha value is -3.30. The van der Waals surface area contributed by atoms with E-state index in [0.717, 1.165) is 22.3 Å². The maximum atomic E-state index is 13.9. The van der Waals surface area contributed by atoms with E-state index in [1.165, 1.54) is 17.6 Å². The van der Waals surface area contributed by atoms with E-state index >= 15 is 0 Å². The summed E-state index contributed by atoms with van der Waals surface area (Å²) in [6, 6.07) is 14.1. The van der Waals surface area contributed by atoms with E-state index in [9.17, 15) is 8.78 Å². The molecule has 3 aromatic rings. The molecule has 0 heterocycles. The number of benzene rings is 3. The normalized spacial score (nSPS) is 9.86. The van der Waals surface area contributed by atoms with Crippen LogP contribution in [0.25, 0.3) is 0 Å². The van der Waals surface area contributed by atoms with E-state index in [1.807, 2.05) is 19.0 Å². The van der Waals surface area contributed by atoms with Gasteiger partial charge in [0.1, 0.15) is 18.9 Å². The highest BCUT2D eigenvalue weighted by Gasteiger charge is 2.07. The van der Waals surface area contributed by atoms with Crippen LogP contribution in [0.5, 0.6) is 0 Å². The second-order valence-electron chi connectivity index (χ2n) is 7.00. The van der Waals surface area contributed by atoms with Gasteiger partial charge in [-0.25, -0.2) is 8.78 Å². The molecule has 29 heavy (non-hydrogen) atoms. The third kappa shape index (κ3) is 4.95. The molecule has 0 nitrogen and oxygen atoms in total. The van der Waals surface area contributed by atoms with E-state index in [0.29, 0.717) is 11.1 Å². The summed E-state index contributed by atoms with van der Waals surface area (Å²) < 4.78 is 27.8. The van der Waals surface area contributed by atoms with Gasteiger partial charge in [0.25, 0.3) is 0 Å².